The molecule has 0 aliphatic rings. The monoisotopic (exact) mass is 468 g/mol. The van der Waals surface area contributed by atoms with Gasteiger partial charge in [-0.15, -0.1) is 0 Å². The van der Waals surface area contributed by atoms with Crippen molar-refractivity contribution in [3.05, 3.63) is 64.2 Å². The Morgan fingerprint density at radius 2 is 1.73 bits per heavy atom. The molecule has 0 bridgehead atoms. The van der Waals surface area contributed by atoms with Crippen LogP contribution in [0.1, 0.15) is 62.5 Å². The highest BCUT2D eigenvalue weighted by atomic mass is 35.5. The Morgan fingerprint density at radius 1 is 1.09 bits per heavy atom. The van der Waals surface area contributed by atoms with Gasteiger partial charge in [-0.3, -0.25) is 9.59 Å². The number of hydrogen-bond donors (Lipinski definition) is 2. The fraction of sp³-hybridized carbons (Fsp3) is 0.423. The molecular weight excluding hydrogens is 436 g/mol. The van der Waals surface area contributed by atoms with Crippen LogP contribution in [-0.4, -0.2) is 29.8 Å². The van der Waals surface area contributed by atoms with Crippen LogP contribution in [0.15, 0.2) is 42.5 Å². The zero-order chi connectivity index (χ0) is 24.8. The lowest BCUT2D eigenvalue weighted by Crippen LogP contribution is -2.41. The first-order valence-corrected chi connectivity index (χ1v) is 11.3. The highest BCUT2D eigenvalue weighted by Gasteiger charge is 2.26. The maximum Gasteiger partial charge on any atom is 0.254 e. The first-order chi connectivity index (χ1) is 15.3. The molecule has 7 heteroatoms. The lowest BCUT2D eigenvalue weighted by molar-refractivity contribution is -0.117. The second kappa shape index (κ2) is 10.8. The second-order valence-corrected chi connectivity index (χ2v) is 10.7. The molecule has 0 saturated carbocycles. The average molecular weight is 469 g/mol. The molecule has 0 atom stereocenters. The van der Waals surface area contributed by atoms with E-state index < -0.39 is 0 Å². The van der Waals surface area contributed by atoms with Crippen molar-refractivity contribution in [1.29, 1.82) is 5.26 Å². The molecule has 0 spiro atoms. The van der Waals surface area contributed by atoms with Crippen LogP contribution in [0.25, 0.3) is 0 Å². The molecule has 2 rings (SSSR count). The van der Waals surface area contributed by atoms with Gasteiger partial charge >= 0.3 is 0 Å². The lowest BCUT2D eigenvalue weighted by atomic mass is 9.92. The van der Waals surface area contributed by atoms with Crippen molar-refractivity contribution in [1.82, 2.24) is 4.90 Å². The van der Waals surface area contributed by atoms with Crippen molar-refractivity contribution in [2.45, 2.75) is 47.6 Å². The number of nitrogens with zero attached hydrogens (tertiary/aromatic N) is 2. The molecule has 33 heavy (non-hydrogen) atoms. The van der Waals surface area contributed by atoms with E-state index in [1.54, 1.807) is 47.4 Å². The van der Waals surface area contributed by atoms with Crippen LogP contribution in [0.5, 0.6) is 0 Å². The molecule has 0 aliphatic heterocycles. The Hall–Kier alpha value is -2.88. The number of carbonyl (C=O) groups excluding carboxylic acids is 2. The van der Waals surface area contributed by atoms with Crippen molar-refractivity contribution in [2.75, 3.05) is 18.4 Å². The Labute approximate surface area is 201 Å². The van der Waals surface area contributed by atoms with Gasteiger partial charge in [-0.25, -0.2) is 0 Å². The summed E-state index contributed by atoms with van der Waals surface area (Å²) < 4.78 is 0. The average Bonchev–Trinajstić information content (AvgIpc) is 2.73. The molecular formula is C26H33ClN4O2. The third kappa shape index (κ3) is 8.20. The third-order valence-electron chi connectivity index (χ3n) is 5.10. The molecule has 0 aliphatic carbocycles. The highest BCUT2D eigenvalue weighted by Crippen LogP contribution is 2.26. The Balaban J connectivity index is 2.32. The number of hydrogen-bond acceptors (Lipinski definition) is 4. The standard InChI is InChI=1S/C26H33ClN4O2/c1-25(2,3)13-23(32)30-21-10-11-22(27)20(12-21)15-31(17-26(4,5)16-29)24(33)19-8-6-18(14-28)7-9-19/h6-12H,13,15-17,29H2,1-5H3,(H,30,32). The molecule has 0 heterocycles. The van der Waals surface area contributed by atoms with Crippen molar-refractivity contribution < 1.29 is 9.59 Å². The van der Waals surface area contributed by atoms with Gasteiger partial charge in [0.2, 0.25) is 5.91 Å². The Kier molecular flexibility index (Phi) is 8.65. The van der Waals surface area contributed by atoms with Gasteiger partial charge in [0.15, 0.2) is 0 Å². The maximum absolute atomic E-state index is 13.4. The largest absolute Gasteiger partial charge is 0.334 e. The lowest BCUT2D eigenvalue weighted by Gasteiger charge is -2.32. The van der Waals surface area contributed by atoms with Crippen LogP contribution in [0, 0.1) is 22.2 Å². The van der Waals surface area contributed by atoms with Crippen LogP contribution in [0.4, 0.5) is 5.69 Å². The minimum Gasteiger partial charge on any atom is -0.334 e. The SMILES string of the molecule is CC(C)(C)CC(=O)Nc1ccc(Cl)c(CN(CC(C)(C)CN)C(=O)c2ccc(C#N)cc2)c1. The van der Waals surface area contributed by atoms with Crippen LogP contribution >= 0.6 is 11.6 Å². The number of carbonyl (C=O) groups is 2. The molecule has 2 aromatic rings. The van der Waals surface area contributed by atoms with Gasteiger partial charge in [-0.05, 0) is 65.4 Å². The van der Waals surface area contributed by atoms with E-state index in [0.29, 0.717) is 41.3 Å². The molecule has 0 radical (unpaired) electrons. The van der Waals surface area contributed by atoms with Gasteiger partial charge < -0.3 is 16.0 Å². The van der Waals surface area contributed by atoms with E-state index in [2.05, 4.69) is 11.4 Å². The predicted molar refractivity (Wildman–Crippen MR) is 133 cm³/mol. The van der Waals surface area contributed by atoms with Gasteiger partial charge in [0.25, 0.3) is 5.91 Å². The number of halogens is 1. The van der Waals surface area contributed by atoms with E-state index >= 15 is 0 Å². The molecule has 2 aromatic carbocycles. The van der Waals surface area contributed by atoms with Gasteiger partial charge in [-0.2, -0.15) is 5.26 Å². The Morgan fingerprint density at radius 3 is 2.27 bits per heavy atom. The van der Waals surface area contributed by atoms with Gasteiger partial charge in [0.1, 0.15) is 0 Å². The number of nitrogens with one attached hydrogen (secondary N) is 1. The Bertz CT molecular complexity index is 1030. The summed E-state index contributed by atoms with van der Waals surface area (Å²) in [6.45, 7) is 11.1. The molecule has 2 amide bonds. The molecule has 6 nitrogen and oxygen atoms in total. The third-order valence-corrected chi connectivity index (χ3v) is 5.47. The summed E-state index contributed by atoms with van der Waals surface area (Å²) in [5.41, 5.74) is 7.82. The molecule has 0 saturated heterocycles. The minimum absolute atomic E-state index is 0.0782. The quantitative estimate of drug-likeness (QED) is 0.555. The topological polar surface area (TPSA) is 99.2 Å². The van der Waals surface area contributed by atoms with E-state index in [1.807, 2.05) is 34.6 Å². The fourth-order valence-corrected chi connectivity index (χ4v) is 3.49. The van der Waals surface area contributed by atoms with Gasteiger partial charge in [0, 0.05) is 35.8 Å². The number of amides is 2. The molecule has 0 unspecified atom stereocenters. The van der Waals surface area contributed by atoms with Crippen molar-refractivity contribution >= 4 is 29.1 Å². The summed E-state index contributed by atoms with van der Waals surface area (Å²) in [5, 5.41) is 12.5. The van der Waals surface area contributed by atoms with Crippen LogP contribution < -0.4 is 11.1 Å². The van der Waals surface area contributed by atoms with Gasteiger partial charge in [0.05, 0.1) is 11.6 Å². The zero-order valence-electron chi connectivity index (χ0n) is 20.0. The first-order valence-electron chi connectivity index (χ1n) is 10.9. The summed E-state index contributed by atoms with van der Waals surface area (Å²) in [6.07, 6.45) is 0.388. The van der Waals surface area contributed by atoms with Crippen LogP contribution in [0.2, 0.25) is 5.02 Å². The number of nitriles is 1. The normalized spacial score (nSPS) is 11.6. The van der Waals surface area contributed by atoms with E-state index in [1.165, 1.54) is 0 Å². The van der Waals surface area contributed by atoms with E-state index in [0.717, 1.165) is 5.56 Å². The maximum atomic E-state index is 13.4. The summed E-state index contributed by atoms with van der Waals surface area (Å²) in [7, 11) is 0. The summed E-state index contributed by atoms with van der Waals surface area (Å²) >= 11 is 6.47. The minimum atomic E-state index is -0.312. The van der Waals surface area contributed by atoms with Crippen LogP contribution in [0.3, 0.4) is 0 Å². The summed E-state index contributed by atoms with van der Waals surface area (Å²) in [5.74, 6) is -0.259. The fourth-order valence-electron chi connectivity index (χ4n) is 3.32. The smallest absolute Gasteiger partial charge is 0.254 e. The van der Waals surface area contributed by atoms with E-state index in [4.69, 9.17) is 22.6 Å². The number of benzene rings is 2. The summed E-state index contributed by atoms with van der Waals surface area (Å²) in [4.78, 5) is 27.4. The number of nitrogens with two attached hydrogens (primary N) is 1. The number of rotatable bonds is 8. The van der Waals surface area contributed by atoms with Crippen LogP contribution in [-0.2, 0) is 11.3 Å². The highest BCUT2D eigenvalue weighted by molar-refractivity contribution is 6.31. The zero-order valence-corrected chi connectivity index (χ0v) is 20.8. The molecule has 176 valence electrons. The van der Waals surface area contributed by atoms with Crippen molar-refractivity contribution in [3.63, 3.8) is 0 Å². The van der Waals surface area contributed by atoms with E-state index in [-0.39, 0.29) is 29.2 Å². The predicted octanol–water partition coefficient (Wildman–Crippen LogP) is 5.21. The van der Waals surface area contributed by atoms with Crippen molar-refractivity contribution in [3.8, 4) is 6.07 Å². The first kappa shape index (κ1) is 26.4. The molecule has 0 fully saturated rings. The van der Waals surface area contributed by atoms with Crippen molar-refractivity contribution in [2.24, 2.45) is 16.6 Å². The van der Waals surface area contributed by atoms with E-state index in [9.17, 15) is 9.59 Å². The number of anilines is 1. The molecule has 3 N–H and O–H groups in total. The second-order valence-electron chi connectivity index (χ2n) is 10.3. The molecule has 0 aromatic heterocycles. The van der Waals surface area contributed by atoms with Gasteiger partial charge in [-0.1, -0.05) is 46.2 Å². The summed E-state index contributed by atoms with van der Waals surface area (Å²) in [6, 6.07) is 13.9.